The standard InChI is InChI=1S/C22H27N5O.HI/c1-23-22(25-13-9-19-16-17-6-2-3-7-20(17)28-19)26-18-10-14-27(15-11-18)21-8-4-5-12-24-21;/h2-8,12,16,18H,9-11,13-15H2,1H3,(H2,23,25,26);1H. The van der Waals surface area contributed by atoms with Crippen molar-refractivity contribution in [3.8, 4) is 0 Å². The van der Waals surface area contributed by atoms with Crippen molar-refractivity contribution in [2.24, 2.45) is 4.99 Å². The molecule has 7 heteroatoms. The van der Waals surface area contributed by atoms with Crippen LogP contribution >= 0.6 is 24.0 Å². The minimum absolute atomic E-state index is 0. The van der Waals surface area contributed by atoms with Crippen LogP contribution in [-0.4, -0.2) is 43.7 Å². The van der Waals surface area contributed by atoms with Crippen LogP contribution in [0.25, 0.3) is 11.0 Å². The van der Waals surface area contributed by atoms with Crippen molar-refractivity contribution >= 4 is 46.7 Å². The summed E-state index contributed by atoms with van der Waals surface area (Å²) in [6.45, 7) is 2.79. The molecule has 2 aromatic heterocycles. The molecule has 0 amide bonds. The van der Waals surface area contributed by atoms with Crippen LogP contribution in [0.5, 0.6) is 0 Å². The van der Waals surface area contributed by atoms with Gasteiger partial charge in [-0.05, 0) is 37.1 Å². The van der Waals surface area contributed by atoms with Crippen LogP contribution < -0.4 is 15.5 Å². The van der Waals surface area contributed by atoms with Crippen molar-refractivity contribution in [3.63, 3.8) is 0 Å². The Labute approximate surface area is 188 Å². The molecule has 0 radical (unpaired) electrons. The van der Waals surface area contributed by atoms with Crippen molar-refractivity contribution in [2.45, 2.75) is 25.3 Å². The van der Waals surface area contributed by atoms with Gasteiger partial charge in [0.1, 0.15) is 17.2 Å². The second-order valence-corrected chi connectivity index (χ2v) is 7.09. The Morgan fingerprint density at radius 3 is 2.69 bits per heavy atom. The van der Waals surface area contributed by atoms with Gasteiger partial charge in [-0.3, -0.25) is 4.99 Å². The number of nitrogens with one attached hydrogen (secondary N) is 2. The molecule has 1 fully saturated rings. The molecule has 3 aromatic rings. The van der Waals surface area contributed by atoms with Crippen LogP contribution in [0.15, 0.2) is 64.1 Å². The molecule has 0 aliphatic carbocycles. The number of guanidine groups is 1. The molecular weight excluding hydrogens is 477 g/mol. The monoisotopic (exact) mass is 505 g/mol. The van der Waals surface area contributed by atoms with E-state index in [0.29, 0.717) is 6.04 Å². The van der Waals surface area contributed by atoms with Gasteiger partial charge in [0.2, 0.25) is 0 Å². The van der Waals surface area contributed by atoms with Gasteiger partial charge in [-0.1, -0.05) is 24.3 Å². The molecule has 6 nitrogen and oxygen atoms in total. The highest BCUT2D eigenvalue weighted by atomic mass is 127. The second-order valence-electron chi connectivity index (χ2n) is 7.09. The number of piperidine rings is 1. The number of hydrogen-bond donors (Lipinski definition) is 2. The Hall–Kier alpha value is -2.29. The third kappa shape index (κ3) is 5.62. The predicted octanol–water partition coefficient (Wildman–Crippen LogP) is 3.82. The lowest BCUT2D eigenvalue weighted by Crippen LogP contribution is -2.49. The van der Waals surface area contributed by atoms with Crippen LogP contribution in [0, 0.1) is 0 Å². The number of pyridine rings is 1. The van der Waals surface area contributed by atoms with E-state index in [4.69, 9.17) is 4.42 Å². The Bertz CT molecular complexity index is 886. The minimum atomic E-state index is 0. The maximum atomic E-state index is 5.88. The van der Waals surface area contributed by atoms with Crippen molar-refractivity contribution in [1.29, 1.82) is 0 Å². The van der Waals surface area contributed by atoms with E-state index >= 15 is 0 Å². The Kier molecular flexibility index (Phi) is 7.74. The van der Waals surface area contributed by atoms with Gasteiger partial charge >= 0.3 is 0 Å². The molecule has 0 saturated carbocycles. The number of para-hydroxylation sites is 1. The van der Waals surface area contributed by atoms with E-state index in [9.17, 15) is 0 Å². The zero-order valence-electron chi connectivity index (χ0n) is 16.7. The van der Waals surface area contributed by atoms with E-state index in [-0.39, 0.29) is 24.0 Å². The summed E-state index contributed by atoms with van der Waals surface area (Å²) in [6.07, 6.45) is 4.82. The fourth-order valence-corrected chi connectivity index (χ4v) is 3.65. The maximum Gasteiger partial charge on any atom is 0.191 e. The lowest BCUT2D eigenvalue weighted by molar-refractivity contribution is 0.459. The Morgan fingerprint density at radius 2 is 1.97 bits per heavy atom. The van der Waals surface area contributed by atoms with Gasteiger partial charge < -0.3 is 20.0 Å². The van der Waals surface area contributed by atoms with Crippen molar-refractivity contribution in [3.05, 3.63) is 60.5 Å². The van der Waals surface area contributed by atoms with Gasteiger partial charge in [0.05, 0.1) is 0 Å². The summed E-state index contributed by atoms with van der Waals surface area (Å²) in [7, 11) is 1.82. The fourth-order valence-electron chi connectivity index (χ4n) is 3.65. The van der Waals surface area contributed by atoms with Crippen molar-refractivity contribution < 1.29 is 4.42 Å². The average Bonchev–Trinajstić information content (AvgIpc) is 3.17. The van der Waals surface area contributed by atoms with Gasteiger partial charge in [-0.15, -0.1) is 24.0 Å². The molecule has 29 heavy (non-hydrogen) atoms. The summed E-state index contributed by atoms with van der Waals surface area (Å²) < 4.78 is 5.88. The number of rotatable bonds is 5. The summed E-state index contributed by atoms with van der Waals surface area (Å²) in [5, 5.41) is 8.11. The quantitative estimate of drug-likeness (QED) is 0.314. The first-order valence-electron chi connectivity index (χ1n) is 9.92. The van der Waals surface area contributed by atoms with E-state index < -0.39 is 0 Å². The summed E-state index contributed by atoms with van der Waals surface area (Å²) in [4.78, 5) is 11.2. The van der Waals surface area contributed by atoms with E-state index in [1.807, 2.05) is 43.6 Å². The predicted molar refractivity (Wildman–Crippen MR) is 129 cm³/mol. The maximum absolute atomic E-state index is 5.88. The molecular formula is C22H28IN5O. The summed E-state index contributed by atoms with van der Waals surface area (Å²) in [5.41, 5.74) is 0.944. The number of aliphatic imine (C=N–C) groups is 1. The van der Waals surface area contributed by atoms with Crippen LogP contribution in [0.2, 0.25) is 0 Å². The zero-order chi connectivity index (χ0) is 19.2. The summed E-state index contributed by atoms with van der Waals surface area (Å²) >= 11 is 0. The lowest BCUT2D eigenvalue weighted by atomic mass is 10.1. The van der Waals surface area contributed by atoms with Crippen LogP contribution in [0.1, 0.15) is 18.6 Å². The molecule has 0 bridgehead atoms. The first-order chi connectivity index (χ1) is 13.8. The Balaban J connectivity index is 0.00000240. The average molecular weight is 505 g/mol. The summed E-state index contributed by atoms with van der Waals surface area (Å²) in [6, 6.07) is 16.7. The molecule has 3 heterocycles. The van der Waals surface area contributed by atoms with Gasteiger partial charge in [-0.25, -0.2) is 4.98 Å². The summed E-state index contributed by atoms with van der Waals surface area (Å²) in [5.74, 6) is 2.91. The third-order valence-electron chi connectivity index (χ3n) is 5.17. The molecule has 1 aliphatic heterocycles. The Morgan fingerprint density at radius 1 is 1.17 bits per heavy atom. The zero-order valence-corrected chi connectivity index (χ0v) is 19.0. The largest absolute Gasteiger partial charge is 0.461 e. The number of halogens is 1. The van der Waals surface area contributed by atoms with Crippen LogP contribution in [0.3, 0.4) is 0 Å². The molecule has 4 rings (SSSR count). The second kappa shape index (κ2) is 10.5. The van der Waals surface area contributed by atoms with Crippen LogP contribution in [0.4, 0.5) is 5.82 Å². The van der Waals surface area contributed by atoms with Crippen molar-refractivity contribution in [2.75, 3.05) is 31.6 Å². The smallest absolute Gasteiger partial charge is 0.191 e. The first-order valence-corrected chi connectivity index (χ1v) is 9.92. The molecule has 1 saturated heterocycles. The third-order valence-corrected chi connectivity index (χ3v) is 5.17. The molecule has 0 spiro atoms. The van der Waals surface area contributed by atoms with E-state index in [1.54, 1.807) is 0 Å². The lowest BCUT2D eigenvalue weighted by Gasteiger charge is -2.33. The van der Waals surface area contributed by atoms with Crippen molar-refractivity contribution in [1.82, 2.24) is 15.6 Å². The normalized spacial score (nSPS) is 15.2. The highest BCUT2D eigenvalue weighted by Gasteiger charge is 2.20. The number of furan rings is 1. The van der Waals surface area contributed by atoms with E-state index in [1.165, 1.54) is 0 Å². The molecule has 1 aliphatic rings. The number of nitrogens with zero attached hydrogens (tertiary/aromatic N) is 3. The van der Waals surface area contributed by atoms with Gasteiger partial charge in [-0.2, -0.15) is 0 Å². The SMILES string of the molecule is CN=C(NCCc1cc2ccccc2o1)NC1CCN(c2ccccn2)CC1.I. The number of fused-ring (bicyclic) bond motifs is 1. The molecule has 154 valence electrons. The van der Waals surface area contributed by atoms with E-state index in [2.05, 4.69) is 43.7 Å². The highest BCUT2D eigenvalue weighted by Crippen LogP contribution is 2.19. The molecule has 2 N–H and O–H groups in total. The molecule has 0 atom stereocenters. The highest BCUT2D eigenvalue weighted by molar-refractivity contribution is 14.0. The minimum Gasteiger partial charge on any atom is -0.461 e. The number of benzene rings is 1. The van der Waals surface area contributed by atoms with Crippen LogP contribution in [-0.2, 0) is 6.42 Å². The molecule has 0 unspecified atom stereocenters. The number of hydrogen-bond acceptors (Lipinski definition) is 4. The van der Waals surface area contributed by atoms with Gasteiger partial charge in [0.15, 0.2) is 5.96 Å². The fraction of sp³-hybridized carbons (Fsp3) is 0.364. The number of aromatic nitrogens is 1. The first kappa shape index (κ1) is 21.4. The number of anilines is 1. The van der Waals surface area contributed by atoms with E-state index in [0.717, 1.165) is 67.4 Å². The van der Waals surface area contributed by atoms with Gasteiger partial charge in [0, 0.05) is 50.7 Å². The molecule has 1 aromatic carbocycles. The topological polar surface area (TPSA) is 65.7 Å². The van der Waals surface area contributed by atoms with Gasteiger partial charge in [0.25, 0.3) is 0 Å².